The normalized spacial score (nSPS) is 22.9. The van der Waals surface area contributed by atoms with Crippen LogP contribution in [0, 0.1) is 6.92 Å². The number of benzene rings is 2. The van der Waals surface area contributed by atoms with Gasteiger partial charge in [0.05, 0.1) is 29.9 Å². The molecule has 8 nitrogen and oxygen atoms in total. The summed E-state index contributed by atoms with van der Waals surface area (Å²) in [6.45, 7) is 8.20. The maximum Gasteiger partial charge on any atom is 0.338 e. The molecule has 184 valence electrons. The van der Waals surface area contributed by atoms with Gasteiger partial charge in [-0.2, -0.15) is 0 Å². The van der Waals surface area contributed by atoms with E-state index in [0.717, 1.165) is 61.4 Å². The number of fused-ring (bicyclic) bond motifs is 4. The molecule has 0 spiro atoms. The first-order valence-corrected chi connectivity index (χ1v) is 12.3. The van der Waals surface area contributed by atoms with Crippen LogP contribution in [-0.2, 0) is 33.8 Å². The van der Waals surface area contributed by atoms with Gasteiger partial charge in [-0.15, -0.1) is 0 Å². The van der Waals surface area contributed by atoms with Crippen molar-refractivity contribution in [2.75, 3.05) is 45.9 Å². The fourth-order valence-corrected chi connectivity index (χ4v) is 5.88. The first-order chi connectivity index (χ1) is 17.0. The number of piperazine rings is 1. The number of aliphatic hydroxyl groups is 1. The van der Waals surface area contributed by atoms with Gasteiger partial charge in [0.15, 0.2) is 0 Å². The Hall–Kier alpha value is -2.78. The molecule has 35 heavy (non-hydrogen) atoms. The van der Waals surface area contributed by atoms with E-state index in [1.165, 1.54) is 11.1 Å². The van der Waals surface area contributed by atoms with Crippen molar-refractivity contribution in [3.05, 3.63) is 68.8 Å². The maximum atomic E-state index is 11.9. The Labute approximate surface area is 204 Å². The van der Waals surface area contributed by atoms with Crippen molar-refractivity contribution in [3.8, 4) is 0 Å². The van der Waals surface area contributed by atoms with Gasteiger partial charge in [0.25, 0.3) is 0 Å². The van der Waals surface area contributed by atoms with Crippen molar-refractivity contribution in [1.82, 2.24) is 9.80 Å². The number of esters is 2. The summed E-state index contributed by atoms with van der Waals surface area (Å²) in [5, 5.41) is 10.9. The van der Waals surface area contributed by atoms with Crippen LogP contribution in [0.15, 0.2) is 24.3 Å². The largest absolute Gasteiger partial charge is 0.457 e. The Bertz CT molecular complexity index is 1190. The quantitative estimate of drug-likeness (QED) is 0.655. The smallest absolute Gasteiger partial charge is 0.338 e. The van der Waals surface area contributed by atoms with Crippen LogP contribution in [0.4, 0.5) is 0 Å². The van der Waals surface area contributed by atoms with E-state index in [1.807, 2.05) is 25.1 Å². The van der Waals surface area contributed by atoms with Crippen LogP contribution >= 0.6 is 0 Å². The predicted octanol–water partition coefficient (Wildman–Crippen LogP) is 2.30. The number of hydrogen-bond acceptors (Lipinski definition) is 8. The van der Waals surface area contributed by atoms with Crippen LogP contribution in [0.3, 0.4) is 0 Å². The summed E-state index contributed by atoms with van der Waals surface area (Å²) in [6.07, 6.45) is 0.207. The molecule has 6 rings (SSSR count). The molecule has 1 saturated heterocycles. The molecule has 0 amide bonds. The molecule has 2 aromatic carbocycles. The van der Waals surface area contributed by atoms with Crippen molar-refractivity contribution in [3.63, 3.8) is 0 Å². The monoisotopic (exact) mass is 478 g/mol. The van der Waals surface area contributed by atoms with E-state index in [-0.39, 0.29) is 24.6 Å². The summed E-state index contributed by atoms with van der Waals surface area (Å²) < 4.78 is 16.5. The molecule has 0 saturated carbocycles. The second kappa shape index (κ2) is 9.02. The van der Waals surface area contributed by atoms with E-state index >= 15 is 0 Å². The predicted molar refractivity (Wildman–Crippen MR) is 126 cm³/mol. The molecule has 8 heteroatoms. The van der Waals surface area contributed by atoms with Gasteiger partial charge >= 0.3 is 11.9 Å². The average Bonchev–Trinajstić information content (AvgIpc) is 3.44. The van der Waals surface area contributed by atoms with E-state index in [2.05, 4.69) is 9.80 Å². The zero-order valence-corrected chi connectivity index (χ0v) is 19.9. The summed E-state index contributed by atoms with van der Waals surface area (Å²) in [4.78, 5) is 28.4. The minimum absolute atomic E-state index is 0.00381. The second-order valence-corrected chi connectivity index (χ2v) is 9.84. The van der Waals surface area contributed by atoms with Crippen LogP contribution in [0.2, 0.25) is 0 Å². The number of ether oxygens (including phenoxy) is 3. The standard InChI is InChI=1S/C27H30N2O6/c1-16-17(2-4-20-22(16)14-34-26(20)31)24(30)12-28-7-9-29(10-8-28)13-25-19-3-5-21-23(15-35-27(21)32)18(19)6-11-33-25/h2-5,24-25,30H,6-15H2,1H3/t24-,25+/m1/s1. The molecular weight excluding hydrogens is 448 g/mol. The topological polar surface area (TPSA) is 88.5 Å². The number of nitrogens with zero attached hydrogens (tertiary/aromatic N) is 2. The molecule has 4 heterocycles. The minimum Gasteiger partial charge on any atom is -0.457 e. The van der Waals surface area contributed by atoms with E-state index in [1.54, 1.807) is 6.07 Å². The Morgan fingerprint density at radius 2 is 1.57 bits per heavy atom. The molecule has 2 atom stereocenters. The summed E-state index contributed by atoms with van der Waals surface area (Å²) in [7, 11) is 0. The highest BCUT2D eigenvalue weighted by Gasteiger charge is 2.32. The van der Waals surface area contributed by atoms with Gasteiger partial charge in [-0.25, -0.2) is 9.59 Å². The Morgan fingerprint density at radius 1 is 0.914 bits per heavy atom. The average molecular weight is 479 g/mol. The zero-order chi connectivity index (χ0) is 24.1. The van der Waals surface area contributed by atoms with Crippen LogP contribution in [0.1, 0.15) is 66.3 Å². The highest BCUT2D eigenvalue weighted by atomic mass is 16.5. The molecule has 4 aliphatic rings. The van der Waals surface area contributed by atoms with Gasteiger partial charge in [-0.05, 0) is 47.7 Å². The number of cyclic esters (lactones) is 2. The van der Waals surface area contributed by atoms with Crippen LogP contribution in [0.25, 0.3) is 0 Å². The molecule has 0 aliphatic carbocycles. The number of aliphatic hydroxyl groups excluding tert-OH is 1. The Balaban J connectivity index is 1.06. The minimum atomic E-state index is -0.608. The van der Waals surface area contributed by atoms with E-state index < -0.39 is 6.10 Å². The third-order valence-electron chi connectivity index (χ3n) is 7.94. The lowest BCUT2D eigenvalue weighted by molar-refractivity contribution is -0.000287. The van der Waals surface area contributed by atoms with Crippen molar-refractivity contribution >= 4 is 11.9 Å². The molecule has 1 fully saturated rings. The lowest BCUT2D eigenvalue weighted by atomic mass is 9.90. The second-order valence-electron chi connectivity index (χ2n) is 9.84. The third kappa shape index (κ3) is 4.04. The highest BCUT2D eigenvalue weighted by molar-refractivity contribution is 5.94. The first-order valence-electron chi connectivity index (χ1n) is 12.3. The number of carbonyl (C=O) groups excluding carboxylic acids is 2. The fourth-order valence-electron chi connectivity index (χ4n) is 5.88. The van der Waals surface area contributed by atoms with Gasteiger partial charge in [0.1, 0.15) is 13.2 Å². The Kier molecular flexibility index (Phi) is 5.84. The number of rotatable bonds is 5. The Morgan fingerprint density at radius 3 is 2.34 bits per heavy atom. The number of β-amino-alcohol motifs (C(OH)–C–C–N with tert-alkyl or cyclic N) is 1. The molecule has 0 unspecified atom stereocenters. The molecule has 0 aromatic heterocycles. The summed E-state index contributed by atoms with van der Waals surface area (Å²) in [6, 6.07) is 7.55. The SMILES string of the molecule is Cc1c([C@H](O)CN2CCN(C[C@@H]3OCCc4c3ccc3c4COC3=O)CC2)ccc2c1COC2=O. The summed E-state index contributed by atoms with van der Waals surface area (Å²) in [5.74, 6) is -0.503. The maximum absolute atomic E-state index is 11.9. The molecule has 4 aliphatic heterocycles. The lowest BCUT2D eigenvalue weighted by Gasteiger charge is -2.38. The van der Waals surface area contributed by atoms with Gasteiger partial charge < -0.3 is 19.3 Å². The highest BCUT2D eigenvalue weighted by Crippen LogP contribution is 2.35. The molecule has 1 N–H and O–H groups in total. The molecular formula is C27H30N2O6. The van der Waals surface area contributed by atoms with Crippen LogP contribution in [0.5, 0.6) is 0 Å². The van der Waals surface area contributed by atoms with Gasteiger partial charge in [0, 0.05) is 50.4 Å². The van der Waals surface area contributed by atoms with Gasteiger partial charge in [-0.1, -0.05) is 12.1 Å². The summed E-state index contributed by atoms with van der Waals surface area (Å²) >= 11 is 0. The lowest BCUT2D eigenvalue weighted by Crippen LogP contribution is -2.49. The molecule has 2 aromatic rings. The van der Waals surface area contributed by atoms with Crippen molar-refractivity contribution < 1.29 is 28.9 Å². The van der Waals surface area contributed by atoms with Gasteiger partial charge in [-0.3, -0.25) is 9.80 Å². The van der Waals surface area contributed by atoms with E-state index in [9.17, 15) is 14.7 Å². The van der Waals surface area contributed by atoms with E-state index in [0.29, 0.717) is 30.9 Å². The van der Waals surface area contributed by atoms with Crippen molar-refractivity contribution in [2.45, 2.75) is 38.8 Å². The third-order valence-corrected chi connectivity index (χ3v) is 7.94. The first kappa shape index (κ1) is 22.7. The summed E-state index contributed by atoms with van der Waals surface area (Å²) in [5.41, 5.74) is 7.47. The van der Waals surface area contributed by atoms with Crippen LogP contribution < -0.4 is 0 Å². The van der Waals surface area contributed by atoms with Gasteiger partial charge in [0.2, 0.25) is 0 Å². The molecule has 0 bridgehead atoms. The number of hydrogen-bond donors (Lipinski definition) is 1. The number of carbonyl (C=O) groups is 2. The van der Waals surface area contributed by atoms with Crippen LogP contribution in [-0.4, -0.2) is 72.7 Å². The fraction of sp³-hybridized carbons (Fsp3) is 0.481. The zero-order valence-electron chi connectivity index (χ0n) is 19.9. The molecule has 0 radical (unpaired) electrons. The van der Waals surface area contributed by atoms with E-state index in [4.69, 9.17) is 14.2 Å². The van der Waals surface area contributed by atoms with Crippen molar-refractivity contribution in [1.29, 1.82) is 0 Å². The van der Waals surface area contributed by atoms with Crippen molar-refractivity contribution in [2.24, 2.45) is 0 Å².